The molecule has 6 heteroatoms. The van der Waals surface area contributed by atoms with E-state index in [1.807, 2.05) is 99.4 Å². The van der Waals surface area contributed by atoms with Crippen molar-refractivity contribution >= 4 is 28.2 Å². The molecule has 31 heavy (non-hydrogen) atoms. The average molecular weight is 438 g/mol. The molecule has 0 unspecified atom stereocenters. The number of aromatic nitrogens is 3. The molecule has 3 heterocycles. The summed E-state index contributed by atoms with van der Waals surface area (Å²) in [5.74, 6) is 0.900. The van der Waals surface area contributed by atoms with Crippen molar-refractivity contribution in [2.45, 2.75) is 41.2 Å². The number of aryl methyl sites for hydroxylation is 1. The maximum atomic E-state index is 11.4. The fraction of sp³-hybridized carbons (Fsp3) is 0.320. The highest BCUT2D eigenvalue weighted by molar-refractivity contribution is 7.13. The van der Waals surface area contributed by atoms with Crippen LogP contribution in [0.3, 0.4) is 0 Å². The summed E-state index contributed by atoms with van der Waals surface area (Å²) in [6.45, 7) is 7.81. The van der Waals surface area contributed by atoms with Gasteiger partial charge in [0.2, 0.25) is 5.88 Å². The van der Waals surface area contributed by atoms with Crippen LogP contribution in [-0.4, -0.2) is 26.4 Å². The maximum Gasteiger partial charge on any atom is 0.242 e. The van der Waals surface area contributed by atoms with Gasteiger partial charge < -0.3 is 9.30 Å². The summed E-state index contributed by atoms with van der Waals surface area (Å²) >= 11 is 1.64. The van der Waals surface area contributed by atoms with Crippen molar-refractivity contribution in [3.8, 4) is 16.5 Å². The molecule has 0 radical (unpaired) electrons. The zero-order valence-corrected chi connectivity index (χ0v) is 18.8. The van der Waals surface area contributed by atoms with Gasteiger partial charge in [0.05, 0.1) is 27.7 Å². The zero-order valence-electron chi connectivity index (χ0n) is 18.0. The Morgan fingerprint density at radius 1 is 0.968 bits per heavy atom. The Morgan fingerprint density at radius 2 is 1.65 bits per heavy atom. The molecule has 3 aromatic heterocycles. The Labute approximate surface area is 188 Å². The summed E-state index contributed by atoms with van der Waals surface area (Å²) in [6, 6.07) is 15.6. The van der Waals surface area contributed by atoms with Gasteiger partial charge in [-0.15, -0.1) is 11.3 Å². The molecule has 0 aliphatic rings. The molecule has 4 aromatic rings. The fourth-order valence-electron chi connectivity index (χ4n) is 2.88. The van der Waals surface area contributed by atoms with E-state index in [2.05, 4.69) is 4.98 Å². The summed E-state index contributed by atoms with van der Waals surface area (Å²) in [6.07, 6.45) is 1.96. The highest BCUT2D eigenvalue weighted by Gasteiger charge is 2.14. The van der Waals surface area contributed by atoms with Gasteiger partial charge in [0.25, 0.3) is 0 Å². The second-order valence-electron chi connectivity index (χ2n) is 7.53. The first kappa shape index (κ1) is 24.3. The van der Waals surface area contributed by atoms with E-state index >= 15 is 0 Å². The molecule has 0 bridgehead atoms. The van der Waals surface area contributed by atoms with Gasteiger partial charge in [0, 0.05) is 19.2 Å². The minimum Gasteiger partial charge on any atom is -0.473 e. The number of thiophene rings is 1. The third kappa shape index (κ3) is 6.01. The molecule has 0 N–H and O–H groups in total. The fourth-order valence-corrected chi connectivity index (χ4v) is 3.58. The number of hydrogen-bond acceptors (Lipinski definition) is 5. The van der Waals surface area contributed by atoms with Crippen molar-refractivity contribution in [1.82, 2.24) is 14.5 Å². The summed E-state index contributed by atoms with van der Waals surface area (Å²) in [5.41, 5.74) is 3.36. The van der Waals surface area contributed by atoms with E-state index in [0.717, 1.165) is 27.3 Å². The molecular formula is C25H31N3O2S. The van der Waals surface area contributed by atoms with E-state index in [0.29, 0.717) is 5.88 Å². The first-order valence-corrected chi connectivity index (χ1v) is 10.9. The molecule has 0 atom stereocenters. The summed E-state index contributed by atoms with van der Waals surface area (Å²) in [7, 11) is 1.88. The van der Waals surface area contributed by atoms with E-state index in [9.17, 15) is 4.79 Å². The van der Waals surface area contributed by atoms with Crippen LogP contribution in [0.25, 0.3) is 21.6 Å². The number of carbonyl (C=O) groups excluding carboxylic acids is 1. The van der Waals surface area contributed by atoms with Crippen molar-refractivity contribution in [1.29, 1.82) is 0 Å². The number of carbonyl (C=O) groups is 1. The van der Waals surface area contributed by atoms with Crippen molar-refractivity contribution in [2.24, 2.45) is 13.0 Å². The van der Waals surface area contributed by atoms with Crippen LogP contribution >= 0.6 is 11.3 Å². The van der Waals surface area contributed by atoms with Gasteiger partial charge in [0.15, 0.2) is 5.78 Å². The number of Topliss-reactive ketones (excluding diaryl/α,β-unsaturated/α-hetero) is 1. The second kappa shape index (κ2) is 10.9. The first-order valence-electron chi connectivity index (χ1n) is 9.99. The third-order valence-corrected chi connectivity index (χ3v) is 5.24. The van der Waals surface area contributed by atoms with Gasteiger partial charge in [0.1, 0.15) is 5.69 Å². The lowest BCUT2D eigenvalue weighted by Gasteiger charge is -2.12. The van der Waals surface area contributed by atoms with E-state index in [4.69, 9.17) is 9.72 Å². The molecule has 0 aliphatic heterocycles. The van der Waals surface area contributed by atoms with Crippen LogP contribution < -0.4 is 4.74 Å². The van der Waals surface area contributed by atoms with Crippen LogP contribution in [0.5, 0.6) is 5.88 Å². The van der Waals surface area contributed by atoms with E-state index in [1.54, 1.807) is 11.3 Å². The standard InChI is InChI=1S/C15H14N2OS.C9H13NO.CH4/c1-10(2)18-15-14(13-8-5-9-19-13)16-11-6-3-4-7-12(11)17-15;1-7(2)9(11)8-5-4-6-10(8)3;/h3-10H,1-2H3;4-7H,1-3H3;1H4. The third-order valence-electron chi connectivity index (χ3n) is 4.36. The second-order valence-corrected chi connectivity index (χ2v) is 8.48. The Kier molecular flexibility index (Phi) is 8.51. The SMILES string of the molecule is C.CC(C)C(=O)c1cccn1C.CC(C)Oc1nc2ccccc2nc1-c1cccs1. The molecular weight excluding hydrogens is 406 g/mol. The Balaban J connectivity index is 0.000000245. The lowest BCUT2D eigenvalue weighted by Crippen LogP contribution is -2.11. The van der Waals surface area contributed by atoms with Crippen molar-refractivity contribution in [3.63, 3.8) is 0 Å². The predicted molar refractivity (Wildman–Crippen MR) is 130 cm³/mol. The molecule has 0 amide bonds. The molecule has 1 aromatic carbocycles. The van der Waals surface area contributed by atoms with Gasteiger partial charge >= 0.3 is 0 Å². The average Bonchev–Trinajstić information content (AvgIpc) is 3.38. The summed E-state index contributed by atoms with van der Waals surface area (Å²) < 4.78 is 7.66. The smallest absolute Gasteiger partial charge is 0.242 e. The van der Waals surface area contributed by atoms with E-state index in [-0.39, 0.29) is 25.2 Å². The molecule has 0 saturated heterocycles. The van der Waals surface area contributed by atoms with Crippen LogP contribution in [0.2, 0.25) is 0 Å². The number of ketones is 1. The molecule has 4 rings (SSSR count). The lowest BCUT2D eigenvalue weighted by atomic mass is 10.1. The summed E-state index contributed by atoms with van der Waals surface area (Å²) in [5, 5.41) is 2.03. The van der Waals surface area contributed by atoms with Gasteiger partial charge in [-0.1, -0.05) is 39.5 Å². The van der Waals surface area contributed by atoms with Gasteiger partial charge in [-0.3, -0.25) is 4.79 Å². The number of hydrogen-bond donors (Lipinski definition) is 0. The maximum absolute atomic E-state index is 11.4. The monoisotopic (exact) mass is 437 g/mol. The number of rotatable bonds is 5. The topological polar surface area (TPSA) is 57.0 Å². The minimum absolute atomic E-state index is 0. The minimum atomic E-state index is 0. The largest absolute Gasteiger partial charge is 0.473 e. The Bertz CT molecular complexity index is 1110. The molecule has 164 valence electrons. The van der Waals surface area contributed by atoms with Crippen molar-refractivity contribution in [2.75, 3.05) is 0 Å². The zero-order chi connectivity index (χ0) is 21.7. The Morgan fingerprint density at radius 3 is 2.16 bits per heavy atom. The molecule has 0 aliphatic carbocycles. The quantitative estimate of drug-likeness (QED) is 0.328. The normalized spacial score (nSPS) is 10.5. The number of para-hydroxylation sites is 2. The first-order chi connectivity index (χ1) is 14.4. The van der Waals surface area contributed by atoms with Gasteiger partial charge in [-0.2, -0.15) is 0 Å². The van der Waals surface area contributed by atoms with E-state index < -0.39 is 0 Å². The van der Waals surface area contributed by atoms with Gasteiger partial charge in [-0.25, -0.2) is 9.97 Å². The van der Waals surface area contributed by atoms with Crippen LogP contribution in [0.15, 0.2) is 60.1 Å². The molecule has 0 spiro atoms. The molecule has 0 saturated carbocycles. The van der Waals surface area contributed by atoms with Gasteiger partial charge in [-0.05, 0) is 49.6 Å². The Hall–Kier alpha value is -2.99. The van der Waals surface area contributed by atoms with Crippen molar-refractivity contribution in [3.05, 3.63) is 65.8 Å². The number of benzene rings is 1. The van der Waals surface area contributed by atoms with Crippen LogP contribution in [0, 0.1) is 5.92 Å². The highest BCUT2D eigenvalue weighted by atomic mass is 32.1. The number of nitrogens with zero attached hydrogens (tertiary/aromatic N) is 3. The van der Waals surface area contributed by atoms with Crippen molar-refractivity contribution < 1.29 is 9.53 Å². The number of fused-ring (bicyclic) bond motifs is 1. The van der Waals surface area contributed by atoms with E-state index in [1.165, 1.54) is 0 Å². The molecule has 5 nitrogen and oxygen atoms in total. The number of ether oxygens (including phenoxy) is 1. The van der Waals surface area contributed by atoms with Crippen LogP contribution in [-0.2, 0) is 7.05 Å². The molecule has 0 fully saturated rings. The van der Waals surface area contributed by atoms with Crippen LogP contribution in [0.4, 0.5) is 0 Å². The summed E-state index contributed by atoms with van der Waals surface area (Å²) in [4.78, 5) is 21.8. The highest BCUT2D eigenvalue weighted by Crippen LogP contribution is 2.32. The lowest BCUT2D eigenvalue weighted by molar-refractivity contribution is 0.0931. The predicted octanol–water partition coefficient (Wildman–Crippen LogP) is 6.65. The van der Waals surface area contributed by atoms with Crippen LogP contribution in [0.1, 0.15) is 45.6 Å².